The molecular formula is C9H12FNO2. The number of methoxy groups -OCH3 is 1. The van der Waals surface area contributed by atoms with Crippen molar-refractivity contribution in [2.75, 3.05) is 7.11 Å². The molecule has 0 heterocycles. The third-order valence-electron chi connectivity index (χ3n) is 1.95. The first-order chi connectivity index (χ1) is 6.11. The van der Waals surface area contributed by atoms with Gasteiger partial charge >= 0.3 is 0 Å². The maximum Gasteiger partial charge on any atom is 0.196 e. The van der Waals surface area contributed by atoms with E-state index >= 15 is 0 Å². The number of hydrogen-bond acceptors (Lipinski definition) is 3. The van der Waals surface area contributed by atoms with Crippen LogP contribution in [0.4, 0.5) is 4.39 Å². The highest BCUT2D eigenvalue weighted by Crippen LogP contribution is 2.34. The van der Waals surface area contributed by atoms with Gasteiger partial charge in [0.15, 0.2) is 17.3 Å². The topological polar surface area (TPSA) is 55.5 Å². The summed E-state index contributed by atoms with van der Waals surface area (Å²) in [6.45, 7) is 1.85. The minimum Gasteiger partial charge on any atom is -0.504 e. The summed E-state index contributed by atoms with van der Waals surface area (Å²) in [5, 5.41) is 9.51. The Labute approximate surface area is 75.9 Å². The van der Waals surface area contributed by atoms with Crippen LogP contribution in [0.2, 0.25) is 0 Å². The van der Waals surface area contributed by atoms with Gasteiger partial charge in [0.1, 0.15) is 0 Å². The molecule has 0 radical (unpaired) electrons. The van der Waals surface area contributed by atoms with Gasteiger partial charge in [0.05, 0.1) is 7.11 Å². The molecule has 0 aliphatic carbocycles. The second kappa shape index (κ2) is 3.62. The lowest BCUT2D eigenvalue weighted by molar-refractivity contribution is 0.348. The van der Waals surface area contributed by atoms with Crippen molar-refractivity contribution in [3.8, 4) is 11.5 Å². The number of benzene rings is 1. The van der Waals surface area contributed by atoms with E-state index in [0.29, 0.717) is 11.1 Å². The first kappa shape index (κ1) is 9.80. The number of aryl methyl sites for hydroxylation is 1. The Bertz CT molecular complexity index is 298. The van der Waals surface area contributed by atoms with Crippen molar-refractivity contribution in [1.29, 1.82) is 0 Å². The van der Waals surface area contributed by atoms with E-state index in [2.05, 4.69) is 0 Å². The summed E-state index contributed by atoms with van der Waals surface area (Å²) in [4.78, 5) is 0. The molecule has 0 unspecified atom stereocenters. The van der Waals surface area contributed by atoms with Crippen LogP contribution in [0, 0.1) is 12.7 Å². The molecule has 0 saturated carbocycles. The average Bonchev–Trinajstić information content (AvgIpc) is 2.04. The molecule has 3 N–H and O–H groups in total. The molecular weight excluding hydrogens is 173 g/mol. The molecule has 0 aromatic heterocycles. The van der Waals surface area contributed by atoms with Crippen LogP contribution in [-0.4, -0.2) is 12.2 Å². The van der Waals surface area contributed by atoms with Crippen LogP contribution >= 0.6 is 0 Å². The largest absolute Gasteiger partial charge is 0.504 e. The van der Waals surface area contributed by atoms with Crippen LogP contribution in [0.15, 0.2) is 6.07 Å². The third kappa shape index (κ3) is 1.58. The van der Waals surface area contributed by atoms with Crippen LogP contribution in [0.5, 0.6) is 11.5 Å². The van der Waals surface area contributed by atoms with Crippen LogP contribution < -0.4 is 10.5 Å². The first-order valence-electron chi connectivity index (χ1n) is 3.86. The molecule has 0 saturated heterocycles. The Morgan fingerprint density at radius 1 is 1.62 bits per heavy atom. The van der Waals surface area contributed by atoms with E-state index in [-0.39, 0.29) is 18.0 Å². The zero-order chi connectivity index (χ0) is 10.0. The number of ether oxygens (including phenoxy) is 1. The average molecular weight is 185 g/mol. The van der Waals surface area contributed by atoms with Crippen LogP contribution in [0.25, 0.3) is 0 Å². The van der Waals surface area contributed by atoms with Crippen LogP contribution in [0.3, 0.4) is 0 Å². The number of nitrogens with two attached hydrogens (primary N) is 1. The van der Waals surface area contributed by atoms with Crippen molar-refractivity contribution in [3.05, 3.63) is 23.0 Å². The van der Waals surface area contributed by atoms with Crippen molar-refractivity contribution < 1.29 is 14.2 Å². The zero-order valence-electron chi connectivity index (χ0n) is 7.60. The Morgan fingerprint density at radius 3 is 2.69 bits per heavy atom. The fourth-order valence-corrected chi connectivity index (χ4v) is 1.23. The highest BCUT2D eigenvalue weighted by molar-refractivity contribution is 5.50. The second-order valence-corrected chi connectivity index (χ2v) is 2.74. The van der Waals surface area contributed by atoms with Gasteiger partial charge in [0.2, 0.25) is 0 Å². The van der Waals surface area contributed by atoms with Crippen molar-refractivity contribution in [2.45, 2.75) is 13.5 Å². The summed E-state index contributed by atoms with van der Waals surface area (Å²) >= 11 is 0. The number of aromatic hydroxyl groups is 1. The molecule has 4 heteroatoms. The van der Waals surface area contributed by atoms with Gasteiger partial charge in [-0.15, -0.1) is 0 Å². The monoisotopic (exact) mass is 185 g/mol. The van der Waals surface area contributed by atoms with Gasteiger partial charge in [-0.05, 0) is 18.6 Å². The van der Waals surface area contributed by atoms with Crippen molar-refractivity contribution in [2.24, 2.45) is 5.73 Å². The smallest absolute Gasteiger partial charge is 0.196 e. The van der Waals surface area contributed by atoms with E-state index in [1.54, 1.807) is 6.92 Å². The number of phenolic OH excluding ortho intramolecular Hbond substituents is 1. The summed E-state index contributed by atoms with van der Waals surface area (Å²) in [7, 11) is 1.30. The van der Waals surface area contributed by atoms with Gasteiger partial charge in [-0.25, -0.2) is 4.39 Å². The lowest BCUT2D eigenvalue weighted by Gasteiger charge is -2.10. The second-order valence-electron chi connectivity index (χ2n) is 2.74. The van der Waals surface area contributed by atoms with Gasteiger partial charge < -0.3 is 15.6 Å². The van der Waals surface area contributed by atoms with E-state index in [1.165, 1.54) is 13.2 Å². The number of phenols is 1. The summed E-state index contributed by atoms with van der Waals surface area (Å²) < 4.78 is 17.8. The lowest BCUT2D eigenvalue weighted by atomic mass is 10.1. The van der Waals surface area contributed by atoms with Crippen LogP contribution in [0.1, 0.15) is 11.1 Å². The van der Waals surface area contributed by atoms with Gasteiger partial charge in [0.25, 0.3) is 0 Å². The fraction of sp³-hybridized carbons (Fsp3) is 0.333. The highest BCUT2D eigenvalue weighted by Gasteiger charge is 2.14. The first-order valence-corrected chi connectivity index (χ1v) is 3.86. The summed E-state index contributed by atoms with van der Waals surface area (Å²) in [6.07, 6.45) is 0. The Morgan fingerprint density at radius 2 is 2.23 bits per heavy atom. The van der Waals surface area contributed by atoms with Crippen molar-refractivity contribution in [3.63, 3.8) is 0 Å². The summed E-state index contributed by atoms with van der Waals surface area (Å²) in [5.41, 5.74) is 6.52. The maximum atomic E-state index is 13.1. The molecule has 0 fully saturated rings. The summed E-state index contributed by atoms with van der Waals surface area (Å²) in [6, 6.07) is 1.29. The molecule has 0 bridgehead atoms. The Kier molecular flexibility index (Phi) is 2.72. The quantitative estimate of drug-likeness (QED) is 0.730. The molecule has 0 amide bonds. The molecule has 72 valence electrons. The number of rotatable bonds is 2. The molecule has 13 heavy (non-hydrogen) atoms. The zero-order valence-corrected chi connectivity index (χ0v) is 7.60. The van der Waals surface area contributed by atoms with Crippen molar-refractivity contribution >= 4 is 0 Å². The molecule has 3 nitrogen and oxygen atoms in total. The molecule has 0 aliphatic rings. The van der Waals surface area contributed by atoms with Gasteiger partial charge in [0, 0.05) is 12.1 Å². The predicted octanol–water partition coefficient (Wildman–Crippen LogP) is 1.31. The predicted molar refractivity (Wildman–Crippen MR) is 47.2 cm³/mol. The minimum atomic E-state index is -0.574. The van der Waals surface area contributed by atoms with E-state index in [1.807, 2.05) is 0 Å². The van der Waals surface area contributed by atoms with Gasteiger partial charge in [-0.1, -0.05) is 0 Å². The third-order valence-corrected chi connectivity index (χ3v) is 1.95. The Hall–Kier alpha value is -1.29. The molecule has 0 aliphatic heterocycles. The number of halogens is 1. The summed E-state index contributed by atoms with van der Waals surface area (Å²) in [5.74, 6) is -0.928. The van der Waals surface area contributed by atoms with E-state index in [4.69, 9.17) is 10.5 Å². The van der Waals surface area contributed by atoms with Crippen LogP contribution in [-0.2, 0) is 6.54 Å². The van der Waals surface area contributed by atoms with Gasteiger partial charge in [-0.2, -0.15) is 0 Å². The van der Waals surface area contributed by atoms with E-state index < -0.39 is 5.82 Å². The molecule has 1 aromatic carbocycles. The maximum absolute atomic E-state index is 13.1. The highest BCUT2D eigenvalue weighted by atomic mass is 19.1. The normalized spacial score (nSPS) is 10.2. The molecule has 1 aromatic rings. The fourth-order valence-electron chi connectivity index (χ4n) is 1.23. The number of hydrogen-bond donors (Lipinski definition) is 2. The minimum absolute atomic E-state index is 0.147. The van der Waals surface area contributed by atoms with E-state index in [0.717, 1.165) is 0 Å². The molecule has 0 spiro atoms. The SMILES string of the molecule is COc1c(F)cc(C)c(CN)c1O. The van der Waals surface area contributed by atoms with Gasteiger partial charge in [-0.3, -0.25) is 0 Å². The Balaban J connectivity index is 3.39. The molecule has 1 rings (SSSR count). The van der Waals surface area contributed by atoms with E-state index in [9.17, 15) is 9.50 Å². The standard InChI is InChI=1S/C9H12FNO2/c1-5-3-7(10)9(13-2)8(12)6(5)4-11/h3,12H,4,11H2,1-2H3. The lowest BCUT2D eigenvalue weighted by Crippen LogP contribution is -2.02. The molecule has 0 atom stereocenters. The van der Waals surface area contributed by atoms with Crippen molar-refractivity contribution in [1.82, 2.24) is 0 Å².